The molecule has 0 saturated heterocycles. The molecule has 2 aromatic rings. The predicted octanol–water partition coefficient (Wildman–Crippen LogP) is 2.82. The average molecular weight is 191 g/mol. The van der Waals surface area contributed by atoms with Crippen LogP contribution >= 0.6 is 11.3 Å². The van der Waals surface area contributed by atoms with Gasteiger partial charge in [-0.25, -0.2) is 0 Å². The van der Waals surface area contributed by atoms with E-state index >= 15 is 0 Å². The Morgan fingerprint density at radius 2 is 2.31 bits per heavy atom. The Labute approximate surface area is 80.8 Å². The van der Waals surface area contributed by atoms with E-state index in [1.165, 1.54) is 4.88 Å². The molecule has 0 atom stereocenters. The van der Waals surface area contributed by atoms with Crippen LogP contribution in [0.2, 0.25) is 0 Å². The Bertz CT molecular complexity index is 384. The first kappa shape index (κ1) is 8.26. The number of aromatic nitrogens is 1. The zero-order valence-corrected chi connectivity index (χ0v) is 8.04. The van der Waals surface area contributed by atoms with Crippen LogP contribution in [0.4, 0.5) is 0 Å². The van der Waals surface area contributed by atoms with Crippen LogP contribution in [0.25, 0.3) is 10.4 Å². The lowest BCUT2D eigenvalue weighted by Gasteiger charge is -2.00. The van der Waals surface area contributed by atoms with Crippen molar-refractivity contribution < 1.29 is 4.74 Å². The van der Waals surface area contributed by atoms with E-state index in [1.807, 2.05) is 18.3 Å². The van der Waals surface area contributed by atoms with Crippen LogP contribution in [0.3, 0.4) is 0 Å². The molecule has 0 fully saturated rings. The van der Waals surface area contributed by atoms with E-state index in [9.17, 15) is 0 Å². The van der Waals surface area contributed by atoms with Gasteiger partial charge in [-0.05, 0) is 17.5 Å². The van der Waals surface area contributed by atoms with Gasteiger partial charge in [-0.15, -0.1) is 11.3 Å². The lowest BCUT2D eigenvalue weighted by molar-refractivity contribution is 0.413. The second-order valence-corrected chi connectivity index (χ2v) is 3.54. The molecule has 0 N–H and O–H groups in total. The van der Waals surface area contributed by atoms with Crippen LogP contribution in [0.1, 0.15) is 0 Å². The van der Waals surface area contributed by atoms with Crippen molar-refractivity contribution >= 4 is 11.3 Å². The van der Waals surface area contributed by atoms with Crippen molar-refractivity contribution in [3.05, 3.63) is 36.0 Å². The van der Waals surface area contributed by atoms with Crippen LogP contribution in [-0.4, -0.2) is 12.1 Å². The average Bonchev–Trinajstić information content (AvgIpc) is 2.71. The van der Waals surface area contributed by atoms with Crippen LogP contribution in [0.15, 0.2) is 36.0 Å². The van der Waals surface area contributed by atoms with Crippen molar-refractivity contribution in [1.82, 2.24) is 4.98 Å². The zero-order valence-electron chi connectivity index (χ0n) is 7.23. The molecule has 2 aromatic heterocycles. The Morgan fingerprint density at radius 1 is 1.38 bits per heavy atom. The third-order valence-electron chi connectivity index (χ3n) is 1.75. The second kappa shape index (κ2) is 3.58. The van der Waals surface area contributed by atoms with Gasteiger partial charge in [-0.2, -0.15) is 0 Å². The van der Waals surface area contributed by atoms with Crippen molar-refractivity contribution in [3.63, 3.8) is 0 Å². The standard InChI is InChI=1S/C10H9NOS/c1-12-9-5-8(6-11-7-9)10-3-2-4-13-10/h2-7H,1H3. The number of hydrogen-bond donors (Lipinski definition) is 0. The van der Waals surface area contributed by atoms with Crippen LogP contribution in [0, 0.1) is 0 Å². The number of methoxy groups -OCH3 is 1. The van der Waals surface area contributed by atoms with E-state index in [1.54, 1.807) is 24.6 Å². The molecule has 0 bridgehead atoms. The number of ether oxygens (including phenoxy) is 1. The third-order valence-corrected chi connectivity index (χ3v) is 2.67. The Kier molecular flexibility index (Phi) is 2.27. The lowest BCUT2D eigenvalue weighted by atomic mass is 10.2. The SMILES string of the molecule is COc1cncc(-c2cccs2)c1. The predicted molar refractivity (Wildman–Crippen MR) is 54.1 cm³/mol. The molecule has 0 aliphatic heterocycles. The fourth-order valence-electron chi connectivity index (χ4n) is 1.11. The summed E-state index contributed by atoms with van der Waals surface area (Å²) in [5.74, 6) is 0.797. The second-order valence-electron chi connectivity index (χ2n) is 2.59. The number of pyridine rings is 1. The lowest BCUT2D eigenvalue weighted by Crippen LogP contribution is -1.84. The van der Waals surface area contributed by atoms with Gasteiger partial charge >= 0.3 is 0 Å². The summed E-state index contributed by atoms with van der Waals surface area (Å²) >= 11 is 1.70. The van der Waals surface area contributed by atoms with E-state index in [0.29, 0.717) is 0 Å². The van der Waals surface area contributed by atoms with Gasteiger partial charge in [-0.1, -0.05) is 6.07 Å². The largest absolute Gasteiger partial charge is 0.495 e. The quantitative estimate of drug-likeness (QED) is 0.728. The zero-order chi connectivity index (χ0) is 9.10. The highest BCUT2D eigenvalue weighted by molar-refractivity contribution is 7.13. The highest BCUT2D eigenvalue weighted by Gasteiger charge is 1.99. The topological polar surface area (TPSA) is 22.1 Å². The molecule has 66 valence electrons. The maximum absolute atomic E-state index is 5.10. The van der Waals surface area contributed by atoms with E-state index in [-0.39, 0.29) is 0 Å². The molecule has 13 heavy (non-hydrogen) atoms. The summed E-state index contributed by atoms with van der Waals surface area (Å²) in [6.45, 7) is 0. The molecule has 2 heterocycles. The smallest absolute Gasteiger partial charge is 0.137 e. The number of hydrogen-bond acceptors (Lipinski definition) is 3. The molecule has 3 heteroatoms. The van der Waals surface area contributed by atoms with Crippen molar-refractivity contribution in [2.75, 3.05) is 7.11 Å². The summed E-state index contributed by atoms with van der Waals surface area (Å²) in [5, 5.41) is 2.05. The van der Waals surface area contributed by atoms with Gasteiger partial charge in [0.1, 0.15) is 5.75 Å². The van der Waals surface area contributed by atoms with E-state index < -0.39 is 0 Å². The van der Waals surface area contributed by atoms with Crippen LogP contribution in [0.5, 0.6) is 5.75 Å². The summed E-state index contributed by atoms with van der Waals surface area (Å²) in [5.41, 5.74) is 1.11. The molecule has 0 aromatic carbocycles. The maximum atomic E-state index is 5.10. The van der Waals surface area contributed by atoms with Crippen molar-refractivity contribution in [2.45, 2.75) is 0 Å². The van der Waals surface area contributed by atoms with Gasteiger partial charge in [0, 0.05) is 16.6 Å². The molecule has 0 unspecified atom stereocenters. The van der Waals surface area contributed by atoms with Gasteiger partial charge in [0.05, 0.1) is 13.3 Å². The monoisotopic (exact) mass is 191 g/mol. The van der Waals surface area contributed by atoms with Gasteiger partial charge in [0.25, 0.3) is 0 Å². The Morgan fingerprint density at radius 3 is 3.00 bits per heavy atom. The van der Waals surface area contributed by atoms with Gasteiger partial charge in [-0.3, -0.25) is 4.98 Å². The summed E-state index contributed by atoms with van der Waals surface area (Å²) in [6, 6.07) is 6.08. The Hall–Kier alpha value is -1.35. The Balaban J connectivity index is 2.41. The molecule has 0 saturated carbocycles. The van der Waals surface area contributed by atoms with Gasteiger partial charge < -0.3 is 4.74 Å². The summed E-state index contributed by atoms with van der Waals surface area (Å²) < 4.78 is 5.10. The molecular formula is C10H9NOS. The minimum Gasteiger partial charge on any atom is -0.495 e. The molecule has 0 aliphatic rings. The highest BCUT2D eigenvalue weighted by Crippen LogP contribution is 2.26. The summed E-state index contributed by atoms with van der Waals surface area (Å²) in [4.78, 5) is 5.31. The number of thiophene rings is 1. The first-order chi connectivity index (χ1) is 6.40. The summed E-state index contributed by atoms with van der Waals surface area (Å²) in [7, 11) is 1.65. The van der Waals surface area contributed by atoms with Crippen LogP contribution in [-0.2, 0) is 0 Å². The fourth-order valence-corrected chi connectivity index (χ4v) is 1.82. The van der Waals surface area contributed by atoms with E-state index in [4.69, 9.17) is 4.74 Å². The van der Waals surface area contributed by atoms with Gasteiger partial charge in [0.2, 0.25) is 0 Å². The number of rotatable bonds is 2. The first-order valence-electron chi connectivity index (χ1n) is 3.93. The molecule has 0 spiro atoms. The van der Waals surface area contributed by atoms with Crippen molar-refractivity contribution in [3.8, 4) is 16.2 Å². The van der Waals surface area contributed by atoms with Crippen molar-refractivity contribution in [2.24, 2.45) is 0 Å². The highest BCUT2D eigenvalue weighted by atomic mass is 32.1. The summed E-state index contributed by atoms with van der Waals surface area (Å²) in [6.07, 6.45) is 3.55. The first-order valence-corrected chi connectivity index (χ1v) is 4.81. The fraction of sp³-hybridized carbons (Fsp3) is 0.100. The minimum absolute atomic E-state index is 0.797. The molecule has 0 radical (unpaired) electrons. The maximum Gasteiger partial charge on any atom is 0.137 e. The van der Waals surface area contributed by atoms with E-state index in [0.717, 1.165) is 11.3 Å². The number of nitrogens with zero attached hydrogens (tertiary/aromatic N) is 1. The van der Waals surface area contributed by atoms with E-state index in [2.05, 4.69) is 16.4 Å². The molecular weight excluding hydrogens is 182 g/mol. The normalized spacial score (nSPS) is 9.92. The molecule has 0 aliphatic carbocycles. The molecule has 0 amide bonds. The molecule has 2 rings (SSSR count). The minimum atomic E-state index is 0.797. The van der Waals surface area contributed by atoms with Crippen molar-refractivity contribution in [1.29, 1.82) is 0 Å². The molecule has 2 nitrogen and oxygen atoms in total. The van der Waals surface area contributed by atoms with Crippen LogP contribution < -0.4 is 4.74 Å². The third kappa shape index (κ3) is 1.70. The van der Waals surface area contributed by atoms with Gasteiger partial charge in [0.15, 0.2) is 0 Å².